The van der Waals surface area contributed by atoms with Gasteiger partial charge in [0, 0.05) is 6.92 Å². The van der Waals surface area contributed by atoms with Crippen molar-refractivity contribution in [1.29, 1.82) is 0 Å². The molecule has 0 rings (SSSR count). The third-order valence-electron chi connectivity index (χ3n) is 5.10. The molecule has 0 amide bonds. The second-order valence-corrected chi connectivity index (χ2v) is 7.73. The number of rotatable bonds is 16. The quantitative estimate of drug-likeness (QED) is 0.258. The first-order valence-corrected chi connectivity index (χ1v) is 10.0. The summed E-state index contributed by atoms with van der Waals surface area (Å²) in [5.41, 5.74) is 0. The number of aliphatic hydroxyl groups is 1. The molecule has 0 heterocycles. The van der Waals surface area contributed by atoms with Gasteiger partial charge in [0.1, 0.15) is 0 Å². The smallest absolute Gasteiger partial charge is 0.187 e. The molecular formula is C20H44ClNO. The summed E-state index contributed by atoms with van der Waals surface area (Å²) < 4.78 is 0.734. The molecule has 0 aliphatic rings. The molecular weight excluding hydrogens is 306 g/mol. The highest BCUT2D eigenvalue weighted by molar-refractivity contribution is 4.49. The van der Waals surface area contributed by atoms with Crippen molar-refractivity contribution in [1.82, 2.24) is 0 Å². The predicted octanol–water partition coefficient (Wildman–Crippen LogP) is 2.89. The highest BCUT2D eigenvalue weighted by Gasteiger charge is 2.20. The molecule has 0 spiro atoms. The molecule has 0 aliphatic carbocycles. The first kappa shape index (κ1) is 25.5. The SMILES string of the molecule is CCCCCCCCCCCCCCCC[N+](C)(C)C(C)O.[Cl-]. The van der Waals surface area contributed by atoms with Gasteiger partial charge in [-0.25, -0.2) is 0 Å². The van der Waals surface area contributed by atoms with E-state index in [1.165, 1.54) is 89.9 Å². The molecule has 2 nitrogen and oxygen atoms in total. The first-order chi connectivity index (χ1) is 10.5. The van der Waals surface area contributed by atoms with Crippen LogP contribution in [0.2, 0.25) is 0 Å². The van der Waals surface area contributed by atoms with E-state index in [-0.39, 0.29) is 18.6 Å². The summed E-state index contributed by atoms with van der Waals surface area (Å²) in [4.78, 5) is 0. The van der Waals surface area contributed by atoms with Crippen molar-refractivity contribution < 1.29 is 22.0 Å². The Morgan fingerprint density at radius 3 is 1.26 bits per heavy atom. The number of hydrogen-bond acceptors (Lipinski definition) is 1. The molecule has 0 aromatic carbocycles. The van der Waals surface area contributed by atoms with Crippen LogP contribution in [0, 0.1) is 0 Å². The average molecular weight is 350 g/mol. The Kier molecular flexibility index (Phi) is 18.9. The highest BCUT2D eigenvalue weighted by atomic mass is 35.5. The zero-order valence-electron chi connectivity index (χ0n) is 16.5. The third kappa shape index (κ3) is 16.8. The molecule has 0 radical (unpaired) electrons. The van der Waals surface area contributed by atoms with Gasteiger partial charge >= 0.3 is 0 Å². The summed E-state index contributed by atoms with van der Waals surface area (Å²) in [6.07, 6.45) is 19.4. The van der Waals surface area contributed by atoms with Gasteiger partial charge in [-0.15, -0.1) is 0 Å². The molecule has 0 fully saturated rings. The maximum Gasteiger partial charge on any atom is 0.187 e. The van der Waals surface area contributed by atoms with Crippen molar-refractivity contribution in [2.24, 2.45) is 0 Å². The molecule has 3 heteroatoms. The minimum Gasteiger partial charge on any atom is -1.00 e. The van der Waals surface area contributed by atoms with Gasteiger partial charge in [-0.05, 0) is 12.8 Å². The summed E-state index contributed by atoms with van der Waals surface area (Å²) in [5, 5.41) is 9.66. The molecule has 1 N–H and O–H groups in total. The van der Waals surface area contributed by atoms with Crippen molar-refractivity contribution in [2.75, 3.05) is 20.6 Å². The Bertz CT molecular complexity index is 232. The monoisotopic (exact) mass is 349 g/mol. The van der Waals surface area contributed by atoms with E-state index in [1.54, 1.807) is 0 Å². The second kappa shape index (κ2) is 17.0. The van der Waals surface area contributed by atoms with E-state index in [0.717, 1.165) is 11.0 Å². The molecule has 1 unspecified atom stereocenters. The Morgan fingerprint density at radius 1 is 0.652 bits per heavy atom. The zero-order chi connectivity index (χ0) is 16.7. The normalized spacial score (nSPS) is 12.9. The van der Waals surface area contributed by atoms with Gasteiger partial charge in [-0.2, -0.15) is 0 Å². The molecule has 1 atom stereocenters. The van der Waals surface area contributed by atoms with Crippen LogP contribution < -0.4 is 12.4 Å². The van der Waals surface area contributed by atoms with Crippen molar-refractivity contribution in [3.05, 3.63) is 0 Å². The molecule has 0 bridgehead atoms. The van der Waals surface area contributed by atoms with E-state index in [2.05, 4.69) is 21.0 Å². The lowest BCUT2D eigenvalue weighted by molar-refractivity contribution is -0.934. The van der Waals surface area contributed by atoms with Gasteiger partial charge in [0.2, 0.25) is 0 Å². The molecule has 0 aromatic heterocycles. The second-order valence-electron chi connectivity index (χ2n) is 7.73. The number of hydrogen-bond donors (Lipinski definition) is 1. The van der Waals surface area contributed by atoms with E-state index >= 15 is 0 Å². The Balaban J connectivity index is 0. The lowest BCUT2D eigenvalue weighted by atomic mass is 10.0. The van der Waals surface area contributed by atoms with E-state index in [4.69, 9.17) is 0 Å². The summed E-state index contributed by atoms with van der Waals surface area (Å²) in [6, 6.07) is 0. The van der Waals surface area contributed by atoms with E-state index in [0.29, 0.717) is 0 Å². The summed E-state index contributed by atoms with van der Waals surface area (Å²) in [6.45, 7) is 5.27. The van der Waals surface area contributed by atoms with Crippen molar-refractivity contribution in [3.63, 3.8) is 0 Å². The first-order valence-electron chi connectivity index (χ1n) is 10.0. The standard InChI is InChI=1S/C20H44NO.ClH/c1-5-6-7-8-9-10-11-12-13-14-15-16-17-18-19-21(3,4)20(2)22;/h20,22H,5-19H2,1-4H3;1H/q+1;/p-1. The predicted molar refractivity (Wildman–Crippen MR) is 99.0 cm³/mol. The van der Waals surface area contributed by atoms with Crippen LogP contribution in [-0.4, -0.2) is 36.5 Å². The van der Waals surface area contributed by atoms with E-state index in [9.17, 15) is 5.11 Å². The van der Waals surface area contributed by atoms with Crippen LogP contribution in [0.1, 0.15) is 104 Å². The van der Waals surface area contributed by atoms with Gasteiger partial charge in [-0.1, -0.05) is 84.0 Å². The van der Waals surface area contributed by atoms with Gasteiger partial charge in [0.05, 0.1) is 20.6 Å². The molecule has 23 heavy (non-hydrogen) atoms. The highest BCUT2D eigenvalue weighted by Crippen LogP contribution is 2.14. The Hall–Kier alpha value is 0.210. The number of unbranched alkanes of at least 4 members (excludes halogenated alkanes) is 13. The van der Waals surface area contributed by atoms with Crippen LogP contribution in [0.15, 0.2) is 0 Å². The molecule has 0 aromatic rings. The fraction of sp³-hybridized carbons (Fsp3) is 1.00. The van der Waals surface area contributed by atoms with Crippen molar-refractivity contribution >= 4 is 0 Å². The number of quaternary nitrogens is 1. The minimum atomic E-state index is -0.248. The van der Waals surface area contributed by atoms with Gasteiger partial charge in [0.15, 0.2) is 6.23 Å². The fourth-order valence-electron chi connectivity index (χ4n) is 2.90. The Morgan fingerprint density at radius 2 is 0.957 bits per heavy atom. The maximum absolute atomic E-state index is 9.66. The van der Waals surface area contributed by atoms with E-state index < -0.39 is 0 Å². The van der Waals surface area contributed by atoms with Gasteiger partial charge < -0.3 is 22.0 Å². The minimum absolute atomic E-state index is 0. The molecule has 0 aliphatic heterocycles. The van der Waals surface area contributed by atoms with Crippen LogP contribution in [0.3, 0.4) is 0 Å². The summed E-state index contributed by atoms with van der Waals surface area (Å²) >= 11 is 0. The lowest BCUT2D eigenvalue weighted by Gasteiger charge is -2.32. The van der Waals surface area contributed by atoms with Crippen LogP contribution in [0.25, 0.3) is 0 Å². The molecule has 142 valence electrons. The van der Waals surface area contributed by atoms with Gasteiger partial charge in [-0.3, -0.25) is 0 Å². The largest absolute Gasteiger partial charge is 1.00 e. The maximum atomic E-state index is 9.66. The summed E-state index contributed by atoms with van der Waals surface area (Å²) in [7, 11) is 4.24. The van der Waals surface area contributed by atoms with E-state index in [1.807, 2.05) is 6.92 Å². The lowest BCUT2D eigenvalue weighted by Crippen LogP contribution is -3.00. The fourth-order valence-corrected chi connectivity index (χ4v) is 2.90. The third-order valence-corrected chi connectivity index (χ3v) is 5.10. The van der Waals surface area contributed by atoms with Crippen LogP contribution in [0.4, 0.5) is 0 Å². The van der Waals surface area contributed by atoms with Gasteiger partial charge in [0.25, 0.3) is 0 Å². The average Bonchev–Trinajstić information content (AvgIpc) is 2.47. The topological polar surface area (TPSA) is 20.2 Å². The van der Waals surface area contributed by atoms with Crippen molar-refractivity contribution in [3.8, 4) is 0 Å². The Labute approximate surface area is 153 Å². The van der Waals surface area contributed by atoms with Crippen LogP contribution in [-0.2, 0) is 0 Å². The van der Waals surface area contributed by atoms with Crippen LogP contribution >= 0.6 is 0 Å². The number of aliphatic hydroxyl groups excluding tert-OH is 1. The van der Waals surface area contributed by atoms with Crippen molar-refractivity contribution in [2.45, 2.75) is 110 Å². The summed E-state index contributed by atoms with van der Waals surface area (Å²) in [5.74, 6) is 0. The molecule has 0 saturated heterocycles. The number of halogens is 1. The number of nitrogens with zero attached hydrogens (tertiary/aromatic N) is 1. The zero-order valence-corrected chi connectivity index (χ0v) is 17.2. The van der Waals surface area contributed by atoms with Crippen LogP contribution in [0.5, 0.6) is 0 Å². The molecule has 0 saturated carbocycles.